The molecule has 0 aliphatic carbocycles. The lowest BCUT2D eigenvalue weighted by Crippen LogP contribution is -2.01. The fourth-order valence-electron chi connectivity index (χ4n) is 2.19. The van der Waals surface area contributed by atoms with Crippen molar-refractivity contribution in [3.05, 3.63) is 71.5 Å². The van der Waals surface area contributed by atoms with E-state index in [0.29, 0.717) is 10.4 Å². The summed E-state index contributed by atoms with van der Waals surface area (Å²) in [6.45, 7) is 0. The third kappa shape index (κ3) is 2.39. The van der Waals surface area contributed by atoms with Crippen LogP contribution in [0.25, 0.3) is 16.8 Å². The Kier molecular flexibility index (Phi) is 3.90. The molecule has 0 bridgehead atoms. The van der Waals surface area contributed by atoms with E-state index in [-0.39, 0.29) is 0 Å². The molecule has 0 saturated heterocycles. The monoisotopic (exact) mass is 346 g/mol. The zero-order valence-corrected chi connectivity index (χ0v) is 13.0. The summed E-state index contributed by atoms with van der Waals surface area (Å²) in [4.78, 5) is 0. The van der Waals surface area contributed by atoms with Crippen LogP contribution in [0.2, 0.25) is 5.02 Å². The summed E-state index contributed by atoms with van der Waals surface area (Å²) in [5.41, 5.74) is 4.25. The highest BCUT2D eigenvalue weighted by Crippen LogP contribution is 2.29. The van der Waals surface area contributed by atoms with Crippen molar-refractivity contribution in [2.45, 2.75) is 5.33 Å². The van der Waals surface area contributed by atoms with Crippen molar-refractivity contribution in [2.75, 3.05) is 0 Å². The van der Waals surface area contributed by atoms with Gasteiger partial charge in [0.2, 0.25) is 0 Å². The second-order valence-corrected chi connectivity index (χ2v) is 5.34. The van der Waals surface area contributed by atoms with Gasteiger partial charge in [-0.25, -0.2) is 4.68 Å². The highest BCUT2D eigenvalue weighted by atomic mass is 79.9. The Labute approximate surface area is 131 Å². The molecule has 0 aliphatic rings. The van der Waals surface area contributed by atoms with Gasteiger partial charge < -0.3 is 0 Å². The first-order valence-electron chi connectivity index (χ1n) is 6.24. The first kappa shape index (κ1) is 13.4. The number of halogens is 2. The van der Waals surface area contributed by atoms with Crippen molar-refractivity contribution < 1.29 is 0 Å². The molecule has 3 aromatic rings. The highest BCUT2D eigenvalue weighted by molar-refractivity contribution is 9.08. The van der Waals surface area contributed by atoms with E-state index in [2.05, 4.69) is 33.2 Å². The standard InChI is InChI=1S/C16H12BrClN2/c17-10-16-13(12-6-2-1-3-7-12)11-19-20(16)15-9-5-4-8-14(15)18/h1-9,11H,10H2. The quantitative estimate of drug-likeness (QED) is 0.604. The van der Waals surface area contributed by atoms with Gasteiger partial charge in [0.15, 0.2) is 0 Å². The SMILES string of the molecule is Clc1ccccc1-n1ncc(-c2ccccc2)c1CBr. The topological polar surface area (TPSA) is 17.8 Å². The molecule has 4 heteroatoms. The van der Waals surface area contributed by atoms with Crippen LogP contribution in [0.5, 0.6) is 0 Å². The summed E-state index contributed by atoms with van der Waals surface area (Å²) < 4.78 is 1.89. The van der Waals surface area contributed by atoms with E-state index in [1.54, 1.807) is 0 Å². The van der Waals surface area contributed by atoms with E-state index in [1.807, 2.05) is 53.3 Å². The molecule has 2 nitrogen and oxygen atoms in total. The van der Waals surface area contributed by atoms with Gasteiger partial charge in [-0.2, -0.15) is 5.10 Å². The molecule has 0 unspecified atom stereocenters. The molecule has 0 N–H and O–H groups in total. The lowest BCUT2D eigenvalue weighted by atomic mass is 10.1. The third-order valence-corrected chi connectivity index (χ3v) is 4.01. The minimum atomic E-state index is 0.692. The zero-order valence-electron chi connectivity index (χ0n) is 10.6. The van der Waals surface area contributed by atoms with Crippen molar-refractivity contribution in [1.29, 1.82) is 0 Å². The Bertz CT molecular complexity index is 722. The fourth-order valence-corrected chi connectivity index (χ4v) is 2.95. The maximum atomic E-state index is 6.27. The number of aromatic nitrogens is 2. The van der Waals surface area contributed by atoms with Crippen LogP contribution in [0.1, 0.15) is 5.69 Å². The summed E-state index contributed by atoms with van der Waals surface area (Å²) in [6, 6.07) is 18.0. The molecule has 1 aromatic heterocycles. The predicted octanol–water partition coefficient (Wildman–Crippen LogP) is 5.09. The molecular formula is C16H12BrClN2. The Morgan fingerprint density at radius 3 is 2.40 bits per heavy atom. The third-order valence-electron chi connectivity index (χ3n) is 3.16. The van der Waals surface area contributed by atoms with Crippen LogP contribution >= 0.6 is 27.5 Å². The fraction of sp³-hybridized carbons (Fsp3) is 0.0625. The number of hydrogen-bond donors (Lipinski definition) is 0. The van der Waals surface area contributed by atoms with Crippen LogP contribution in [0.15, 0.2) is 60.8 Å². The minimum absolute atomic E-state index is 0.692. The Morgan fingerprint density at radius 1 is 1.00 bits per heavy atom. The van der Waals surface area contributed by atoms with Gasteiger partial charge in [0.1, 0.15) is 0 Å². The minimum Gasteiger partial charge on any atom is -0.235 e. The van der Waals surface area contributed by atoms with E-state index >= 15 is 0 Å². The molecule has 1 heterocycles. The van der Waals surface area contributed by atoms with Gasteiger partial charge in [-0.15, -0.1) is 0 Å². The van der Waals surface area contributed by atoms with Gasteiger partial charge in [0.05, 0.1) is 22.6 Å². The average Bonchev–Trinajstić information content (AvgIpc) is 2.92. The molecule has 3 rings (SSSR count). The number of hydrogen-bond acceptors (Lipinski definition) is 1. The molecular weight excluding hydrogens is 336 g/mol. The Morgan fingerprint density at radius 2 is 1.70 bits per heavy atom. The van der Waals surface area contributed by atoms with E-state index in [0.717, 1.165) is 22.5 Å². The van der Waals surface area contributed by atoms with Crippen molar-refractivity contribution in [3.8, 4) is 16.8 Å². The molecule has 0 spiro atoms. The van der Waals surface area contributed by atoms with Crippen LogP contribution in [0, 0.1) is 0 Å². The number of rotatable bonds is 3. The van der Waals surface area contributed by atoms with Gasteiger partial charge in [0, 0.05) is 10.9 Å². The Hall–Kier alpha value is -1.58. The van der Waals surface area contributed by atoms with Gasteiger partial charge in [-0.05, 0) is 17.7 Å². The van der Waals surface area contributed by atoms with Crippen molar-refractivity contribution in [2.24, 2.45) is 0 Å². The highest BCUT2D eigenvalue weighted by Gasteiger charge is 2.14. The van der Waals surface area contributed by atoms with Gasteiger partial charge in [0.25, 0.3) is 0 Å². The number of benzene rings is 2. The van der Waals surface area contributed by atoms with E-state index in [4.69, 9.17) is 11.6 Å². The average molecular weight is 348 g/mol. The molecule has 0 atom stereocenters. The largest absolute Gasteiger partial charge is 0.235 e. The summed E-state index contributed by atoms with van der Waals surface area (Å²) in [6.07, 6.45) is 1.88. The van der Waals surface area contributed by atoms with E-state index < -0.39 is 0 Å². The Balaban J connectivity index is 2.16. The first-order valence-corrected chi connectivity index (χ1v) is 7.74. The number of nitrogens with zero attached hydrogens (tertiary/aromatic N) is 2. The van der Waals surface area contributed by atoms with Crippen LogP contribution in [0.4, 0.5) is 0 Å². The molecule has 100 valence electrons. The maximum Gasteiger partial charge on any atom is 0.0835 e. The summed E-state index contributed by atoms with van der Waals surface area (Å²) in [7, 11) is 0. The van der Waals surface area contributed by atoms with Gasteiger partial charge >= 0.3 is 0 Å². The second-order valence-electron chi connectivity index (χ2n) is 4.37. The van der Waals surface area contributed by atoms with E-state index in [9.17, 15) is 0 Å². The molecule has 0 aliphatic heterocycles. The number of alkyl halides is 1. The molecule has 0 saturated carbocycles. The summed E-state index contributed by atoms with van der Waals surface area (Å²) in [5.74, 6) is 0. The van der Waals surface area contributed by atoms with Crippen molar-refractivity contribution in [1.82, 2.24) is 9.78 Å². The van der Waals surface area contributed by atoms with Crippen LogP contribution in [-0.4, -0.2) is 9.78 Å². The predicted molar refractivity (Wildman–Crippen MR) is 86.6 cm³/mol. The molecule has 0 amide bonds. The molecule has 0 fully saturated rings. The maximum absolute atomic E-state index is 6.27. The first-order chi connectivity index (χ1) is 9.81. The normalized spacial score (nSPS) is 10.7. The van der Waals surface area contributed by atoms with Crippen LogP contribution in [-0.2, 0) is 5.33 Å². The van der Waals surface area contributed by atoms with Gasteiger partial charge in [-0.3, -0.25) is 0 Å². The van der Waals surface area contributed by atoms with Gasteiger partial charge in [-0.1, -0.05) is 70.0 Å². The lowest BCUT2D eigenvalue weighted by molar-refractivity contribution is 0.844. The van der Waals surface area contributed by atoms with E-state index in [1.165, 1.54) is 0 Å². The summed E-state index contributed by atoms with van der Waals surface area (Å²) >= 11 is 9.82. The molecule has 2 aromatic carbocycles. The molecule has 20 heavy (non-hydrogen) atoms. The summed E-state index contributed by atoms with van der Waals surface area (Å²) in [5, 5.41) is 5.90. The van der Waals surface area contributed by atoms with Crippen molar-refractivity contribution >= 4 is 27.5 Å². The second kappa shape index (κ2) is 5.81. The van der Waals surface area contributed by atoms with Crippen LogP contribution in [0.3, 0.4) is 0 Å². The van der Waals surface area contributed by atoms with Crippen molar-refractivity contribution in [3.63, 3.8) is 0 Å². The zero-order chi connectivity index (χ0) is 13.9. The van der Waals surface area contributed by atoms with Crippen LogP contribution < -0.4 is 0 Å². The molecule has 0 radical (unpaired) electrons. The number of para-hydroxylation sites is 1. The smallest absolute Gasteiger partial charge is 0.0835 e. The lowest BCUT2D eigenvalue weighted by Gasteiger charge is -2.09.